The fraction of sp³-hybridized carbons (Fsp3) is 0.615. The van der Waals surface area contributed by atoms with Crippen LogP contribution in [-0.2, 0) is 4.74 Å². The second-order valence-corrected chi connectivity index (χ2v) is 4.50. The maximum Gasteiger partial charge on any atom is 0.407 e. The molecule has 0 atom stereocenters. The molecular weight excluding hydrogens is 246 g/mol. The number of amides is 1. The first kappa shape index (κ1) is 13.6. The van der Waals surface area contributed by atoms with Gasteiger partial charge in [0.25, 0.3) is 0 Å². The summed E-state index contributed by atoms with van der Waals surface area (Å²) >= 11 is 0. The molecule has 1 saturated carbocycles. The molecule has 1 aromatic rings. The molecule has 0 aromatic carbocycles. The number of aromatic nitrogens is 2. The molecule has 1 amide bonds. The summed E-state index contributed by atoms with van der Waals surface area (Å²) in [5.41, 5.74) is 0. The second-order valence-electron chi connectivity index (χ2n) is 4.50. The number of ether oxygens (including phenoxy) is 2. The Hall–Kier alpha value is -1.85. The van der Waals surface area contributed by atoms with Gasteiger partial charge in [-0.25, -0.2) is 9.78 Å². The van der Waals surface area contributed by atoms with Crippen molar-refractivity contribution < 1.29 is 14.3 Å². The Bertz CT molecular complexity index is 391. The number of nitrogens with one attached hydrogen (secondary N) is 1. The normalized spacial score (nSPS) is 22.6. The van der Waals surface area contributed by atoms with Gasteiger partial charge in [0.05, 0.1) is 12.8 Å². The van der Waals surface area contributed by atoms with Crippen LogP contribution in [0.3, 0.4) is 0 Å². The Labute approximate surface area is 112 Å². The predicted molar refractivity (Wildman–Crippen MR) is 68.9 cm³/mol. The molecule has 0 aliphatic heterocycles. The average Bonchev–Trinajstić information content (AvgIpc) is 2.42. The molecule has 104 valence electrons. The van der Waals surface area contributed by atoms with Crippen molar-refractivity contribution in [2.45, 2.75) is 44.8 Å². The van der Waals surface area contributed by atoms with Crippen LogP contribution in [0.25, 0.3) is 0 Å². The maximum atomic E-state index is 11.3. The van der Waals surface area contributed by atoms with Gasteiger partial charge in [-0.05, 0) is 32.6 Å². The number of alkyl carbamates (subject to hydrolysis) is 1. The number of rotatable bonds is 4. The molecule has 19 heavy (non-hydrogen) atoms. The fourth-order valence-corrected chi connectivity index (χ4v) is 2.18. The lowest BCUT2D eigenvalue weighted by molar-refractivity contribution is 0.119. The predicted octanol–water partition coefficient (Wildman–Crippen LogP) is 1.91. The van der Waals surface area contributed by atoms with E-state index in [0.29, 0.717) is 12.5 Å². The van der Waals surface area contributed by atoms with E-state index < -0.39 is 0 Å². The molecule has 6 nitrogen and oxygen atoms in total. The summed E-state index contributed by atoms with van der Waals surface area (Å²) in [5.74, 6) is 0.560. The molecule has 0 spiro atoms. The third-order valence-electron chi connectivity index (χ3n) is 3.10. The number of hydrogen-bond donors (Lipinski definition) is 1. The molecule has 1 N–H and O–H groups in total. The van der Waals surface area contributed by atoms with E-state index in [4.69, 9.17) is 9.47 Å². The molecule has 0 saturated heterocycles. The van der Waals surface area contributed by atoms with Crippen LogP contribution in [0, 0.1) is 0 Å². The summed E-state index contributed by atoms with van der Waals surface area (Å²) in [6.07, 6.45) is 8.24. The van der Waals surface area contributed by atoms with Gasteiger partial charge < -0.3 is 14.8 Å². The third-order valence-corrected chi connectivity index (χ3v) is 3.10. The lowest BCUT2D eigenvalue weighted by atomic mass is 9.93. The molecule has 1 aliphatic carbocycles. The molecule has 1 fully saturated rings. The average molecular weight is 265 g/mol. The zero-order valence-electron chi connectivity index (χ0n) is 11.0. The van der Waals surface area contributed by atoms with Gasteiger partial charge in [0.15, 0.2) is 0 Å². The van der Waals surface area contributed by atoms with Gasteiger partial charge in [-0.3, -0.25) is 4.98 Å². The van der Waals surface area contributed by atoms with Gasteiger partial charge in [-0.15, -0.1) is 0 Å². The van der Waals surface area contributed by atoms with Crippen molar-refractivity contribution in [1.29, 1.82) is 0 Å². The van der Waals surface area contributed by atoms with Crippen molar-refractivity contribution in [3.63, 3.8) is 0 Å². The van der Waals surface area contributed by atoms with E-state index in [9.17, 15) is 4.79 Å². The monoisotopic (exact) mass is 265 g/mol. The standard InChI is InChI=1S/C13H19N3O3/c1-2-18-13(17)16-10-3-5-11(6-4-10)19-12-9-14-7-8-15-12/h7-11H,2-6H2,1H3,(H,16,17). The lowest BCUT2D eigenvalue weighted by Crippen LogP contribution is -2.40. The van der Waals surface area contributed by atoms with Gasteiger partial charge in [0.1, 0.15) is 6.10 Å². The van der Waals surface area contributed by atoms with Crippen LogP contribution in [0.2, 0.25) is 0 Å². The molecule has 2 rings (SSSR count). The highest BCUT2D eigenvalue weighted by atomic mass is 16.5. The van der Waals surface area contributed by atoms with Crippen LogP contribution in [-0.4, -0.2) is 34.8 Å². The van der Waals surface area contributed by atoms with Crippen molar-refractivity contribution in [2.24, 2.45) is 0 Å². The maximum absolute atomic E-state index is 11.3. The van der Waals surface area contributed by atoms with Crippen LogP contribution in [0.15, 0.2) is 18.6 Å². The lowest BCUT2D eigenvalue weighted by Gasteiger charge is -2.28. The van der Waals surface area contributed by atoms with Crippen molar-refractivity contribution in [3.8, 4) is 5.88 Å². The molecule has 1 aliphatic rings. The Kier molecular flexibility index (Phi) is 4.94. The quantitative estimate of drug-likeness (QED) is 0.900. The number of hydrogen-bond acceptors (Lipinski definition) is 5. The topological polar surface area (TPSA) is 73.3 Å². The van der Waals surface area contributed by atoms with Crippen molar-refractivity contribution in [1.82, 2.24) is 15.3 Å². The first-order chi connectivity index (χ1) is 9.28. The molecule has 6 heteroatoms. The number of carbonyl (C=O) groups excluding carboxylic acids is 1. The van der Waals surface area contributed by atoms with E-state index in [1.807, 2.05) is 0 Å². The minimum absolute atomic E-state index is 0.150. The molecule has 1 aromatic heterocycles. The molecule has 0 radical (unpaired) electrons. The summed E-state index contributed by atoms with van der Waals surface area (Å²) in [6, 6.07) is 0.181. The summed E-state index contributed by atoms with van der Waals surface area (Å²) in [6.45, 7) is 2.20. The van der Waals surface area contributed by atoms with Gasteiger partial charge in [0.2, 0.25) is 5.88 Å². The molecule has 1 heterocycles. The van der Waals surface area contributed by atoms with E-state index in [1.165, 1.54) is 0 Å². The highest BCUT2D eigenvalue weighted by Gasteiger charge is 2.24. The van der Waals surface area contributed by atoms with Crippen LogP contribution in [0.1, 0.15) is 32.6 Å². The van der Waals surface area contributed by atoms with E-state index in [1.54, 1.807) is 25.5 Å². The van der Waals surface area contributed by atoms with E-state index in [-0.39, 0.29) is 18.2 Å². The molecular formula is C13H19N3O3. The summed E-state index contributed by atoms with van der Waals surface area (Å²) in [7, 11) is 0. The first-order valence-corrected chi connectivity index (χ1v) is 6.64. The highest BCUT2D eigenvalue weighted by molar-refractivity contribution is 5.67. The zero-order chi connectivity index (χ0) is 13.5. The number of nitrogens with zero attached hydrogens (tertiary/aromatic N) is 2. The smallest absolute Gasteiger partial charge is 0.407 e. The Morgan fingerprint density at radius 1 is 1.37 bits per heavy atom. The van der Waals surface area contributed by atoms with Gasteiger partial charge in [-0.1, -0.05) is 0 Å². The summed E-state index contributed by atoms with van der Waals surface area (Å²) in [5, 5.41) is 2.86. The van der Waals surface area contributed by atoms with Gasteiger partial charge >= 0.3 is 6.09 Å². The summed E-state index contributed by atoms with van der Waals surface area (Å²) < 4.78 is 10.6. The van der Waals surface area contributed by atoms with Crippen LogP contribution in [0.5, 0.6) is 5.88 Å². The van der Waals surface area contributed by atoms with Gasteiger partial charge in [0, 0.05) is 18.4 Å². The fourth-order valence-electron chi connectivity index (χ4n) is 2.18. The van der Waals surface area contributed by atoms with Gasteiger partial charge in [-0.2, -0.15) is 0 Å². The summed E-state index contributed by atoms with van der Waals surface area (Å²) in [4.78, 5) is 19.4. The highest BCUT2D eigenvalue weighted by Crippen LogP contribution is 2.22. The van der Waals surface area contributed by atoms with Crippen LogP contribution in [0.4, 0.5) is 4.79 Å². The Balaban J connectivity index is 1.72. The first-order valence-electron chi connectivity index (χ1n) is 6.64. The Morgan fingerprint density at radius 2 is 2.16 bits per heavy atom. The van der Waals surface area contributed by atoms with Crippen molar-refractivity contribution >= 4 is 6.09 Å². The molecule has 0 bridgehead atoms. The van der Waals surface area contributed by atoms with E-state index >= 15 is 0 Å². The van der Waals surface area contributed by atoms with Crippen LogP contribution >= 0.6 is 0 Å². The largest absolute Gasteiger partial charge is 0.473 e. The SMILES string of the molecule is CCOC(=O)NC1CCC(Oc2cnccn2)CC1. The molecule has 0 unspecified atom stereocenters. The number of carbonyl (C=O) groups is 1. The third kappa shape index (κ3) is 4.39. The minimum Gasteiger partial charge on any atom is -0.473 e. The minimum atomic E-state index is -0.333. The Morgan fingerprint density at radius 3 is 2.79 bits per heavy atom. The van der Waals surface area contributed by atoms with E-state index in [2.05, 4.69) is 15.3 Å². The van der Waals surface area contributed by atoms with Crippen LogP contribution < -0.4 is 10.1 Å². The van der Waals surface area contributed by atoms with E-state index in [0.717, 1.165) is 25.7 Å². The zero-order valence-corrected chi connectivity index (χ0v) is 11.0. The van der Waals surface area contributed by atoms with Crippen molar-refractivity contribution in [3.05, 3.63) is 18.6 Å². The van der Waals surface area contributed by atoms with Crippen molar-refractivity contribution in [2.75, 3.05) is 6.61 Å². The second kappa shape index (κ2) is 6.92.